The molecule has 2 aromatic rings. The third-order valence-electron chi connectivity index (χ3n) is 5.90. The number of rotatable bonds is 7. The molecule has 2 aliphatic rings. The van der Waals surface area contributed by atoms with Gasteiger partial charge >= 0.3 is 0 Å². The van der Waals surface area contributed by atoms with Gasteiger partial charge in [-0.3, -0.25) is 9.59 Å². The second kappa shape index (κ2) is 10.5. The van der Waals surface area contributed by atoms with E-state index < -0.39 is 0 Å². The highest BCUT2D eigenvalue weighted by Gasteiger charge is 2.23. The van der Waals surface area contributed by atoms with Crippen LogP contribution in [0.1, 0.15) is 47.3 Å². The van der Waals surface area contributed by atoms with Crippen molar-refractivity contribution in [2.45, 2.75) is 32.2 Å². The van der Waals surface area contributed by atoms with Gasteiger partial charge in [0.2, 0.25) is 0 Å². The minimum Gasteiger partial charge on any atom is -0.490 e. The molecule has 1 aliphatic heterocycles. The van der Waals surface area contributed by atoms with E-state index in [4.69, 9.17) is 14.2 Å². The Bertz CT molecular complexity index is 955. The highest BCUT2D eigenvalue weighted by atomic mass is 16.5. The van der Waals surface area contributed by atoms with E-state index in [2.05, 4.69) is 17.4 Å². The van der Waals surface area contributed by atoms with Crippen LogP contribution in [0.3, 0.4) is 0 Å². The molecule has 1 heterocycles. The van der Waals surface area contributed by atoms with E-state index in [0.29, 0.717) is 50.0 Å². The zero-order valence-electron chi connectivity index (χ0n) is 18.5. The van der Waals surface area contributed by atoms with Crippen molar-refractivity contribution in [1.82, 2.24) is 10.2 Å². The van der Waals surface area contributed by atoms with Gasteiger partial charge in [-0.25, -0.2) is 0 Å². The molecule has 32 heavy (non-hydrogen) atoms. The fourth-order valence-corrected chi connectivity index (χ4v) is 4.23. The number of carbonyl (C=O) groups excluding carboxylic acids is 2. The summed E-state index contributed by atoms with van der Waals surface area (Å²) in [4.78, 5) is 27.1. The van der Waals surface area contributed by atoms with Gasteiger partial charge in [-0.15, -0.1) is 0 Å². The summed E-state index contributed by atoms with van der Waals surface area (Å²) >= 11 is 0. The zero-order chi connectivity index (χ0) is 22.3. The van der Waals surface area contributed by atoms with Crippen LogP contribution in [0.2, 0.25) is 0 Å². The Morgan fingerprint density at radius 2 is 1.91 bits per heavy atom. The molecule has 0 radical (unpaired) electrons. The summed E-state index contributed by atoms with van der Waals surface area (Å²) in [7, 11) is 0. The number of fused-ring (bicyclic) bond motifs is 1. The molecule has 0 saturated carbocycles. The summed E-state index contributed by atoms with van der Waals surface area (Å²) in [5, 5.41) is 3.17. The van der Waals surface area contributed by atoms with Crippen molar-refractivity contribution < 1.29 is 23.8 Å². The fraction of sp³-hybridized carbons (Fsp3) is 0.440. The first kappa shape index (κ1) is 22.1. The molecule has 170 valence electrons. The predicted octanol–water partition coefficient (Wildman–Crippen LogP) is 3.13. The molecule has 1 atom stereocenters. The fourth-order valence-electron chi connectivity index (χ4n) is 4.23. The van der Waals surface area contributed by atoms with Gasteiger partial charge in [-0.05, 0) is 55.5 Å². The molecule has 1 N–H and O–H groups in total. The maximum absolute atomic E-state index is 13.0. The first-order chi connectivity index (χ1) is 15.7. The van der Waals surface area contributed by atoms with E-state index in [1.807, 2.05) is 19.1 Å². The van der Waals surface area contributed by atoms with Crippen molar-refractivity contribution in [3.05, 3.63) is 59.2 Å². The first-order valence-electron chi connectivity index (χ1n) is 11.3. The van der Waals surface area contributed by atoms with E-state index in [1.165, 1.54) is 11.1 Å². The quantitative estimate of drug-likeness (QED) is 0.719. The Morgan fingerprint density at radius 1 is 1.09 bits per heavy atom. The molecule has 4 rings (SSSR count). The van der Waals surface area contributed by atoms with Crippen LogP contribution in [0, 0.1) is 0 Å². The molecule has 1 unspecified atom stereocenters. The van der Waals surface area contributed by atoms with Crippen LogP contribution in [0.15, 0.2) is 42.5 Å². The maximum atomic E-state index is 13.0. The largest absolute Gasteiger partial charge is 0.490 e. The van der Waals surface area contributed by atoms with Crippen LogP contribution in [-0.2, 0) is 16.0 Å². The molecular weight excluding hydrogens is 408 g/mol. The number of morpholine rings is 1. The van der Waals surface area contributed by atoms with Crippen molar-refractivity contribution >= 4 is 11.8 Å². The van der Waals surface area contributed by atoms with E-state index in [0.717, 1.165) is 19.3 Å². The SMILES string of the molecule is CCOc1cc(C(=O)NC2CCCc3ccccc32)ccc1OCC(=O)N1CCOCC1. The van der Waals surface area contributed by atoms with Crippen LogP contribution in [0.4, 0.5) is 0 Å². The smallest absolute Gasteiger partial charge is 0.260 e. The van der Waals surface area contributed by atoms with Crippen molar-refractivity contribution in [2.24, 2.45) is 0 Å². The topological polar surface area (TPSA) is 77.1 Å². The molecule has 2 amide bonds. The lowest BCUT2D eigenvalue weighted by atomic mass is 9.87. The lowest BCUT2D eigenvalue weighted by Crippen LogP contribution is -2.43. The molecule has 7 heteroatoms. The van der Waals surface area contributed by atoms with Crippen LogP contribution >= 0.6 is 0 Å². The van der Waals surface area contributed by atoms with Crippen molar-refractivity contribution in [2.75, 3.05) is 39.5 Å². The van der Waals surface area contributed by atoms with E-state index in [-0.39, 0.29) is 24.5 Å². The Hall–Kier alpha value is -3.06. The Labute approximate surface area is 188 Å². The highest BCUT2D eigenvalue weighted by Crippen LogP contribution is 2.31. The van der Waals surface area contributed by atoms with Crippen molar-refractivity contribution in [1.29, 1.82) is 0 Å². The minimum absolute atomic E-state index is 0.00469. The van der Waals surface area contributed by atoms with E-state index in [9.17, 15) is 9.59 Å². The highest BCUT2D eigenvalue weighted by molar-refractivity contribution is 5.95. The molecule has 7 nitrogen and oxygen atoms in total. The van der Waals surface area contributed by atoms with E-state index >= 15 is 0 Å². The van der Waals surface area contributed by atoms with Gasteiger partial charge in [-0.1, -0.05) is 24.3 Å². The summed E-state index contributed by atoms with van der Waals surface area (Å²) < 4.78 is 16.7. The minimum atomic E-state index is -0.149. The number of carbonyl (C=O) groups is 2. The van der Waals surface area contributed by atoms with Gasteiger partial charge < -0.3 is 24.4 Å². The van der Waals surface area contributed by atoms with Crippen LogP contribution in [0.5, 0.6) is 11.5 Å². The molecular formula is C25H30N2O5. The molecule has 1 saturated heterocycles. The summed E-state index contributed by atoms with van der Waals surface area (Å²) in [6.07, 6.45) is 3.02. The Balaban J connectivity index is 1.43. The summed E-state index contributed by atoms with van der Waals surface area (Å²) in [6, 6.07) is 13.4. The lowest BCUT2D eigenvalue weighted by molar-refractivity contribution is -0.137. The van der Waals surface area contributed by atoms with Crippen LogP contribution in [-0.4, -0.2) is 56.2 Å². The maximum Gasteiger partial charge on any atom is 0.260 e. The standard InChI is InChI=1S/C25H30N2O5/c1-2-31-23-16-19(10-11-22(23)32-17-24(28)27-12-14-30-15-13-27)25(29)26-21-9-5-7-18-6-3-4-8-20(18)21/h3-4,6,8,10-11,16,21H,2,5,7,9,12-15,17H2,1H3,(H,26,29). The van der Waals surface area contributed by atoms with Gasteiger partial charge in [-0.2, -0.15) is 0 Å². The van der Waals surface area contributed by atoms with Gasteiger partial charge in [0.15, 0.2) is 18.1 Å². The number of amides is 2. The summed E-state index contributed by atoms with van der Waals surface area (Å²) in [5.74, 6) is 0.670. The summed E-state index contributed by atoms with van der Waals surface area (Å²) in [6.45, 7) is 4.46. The molecule has 2 aromatic carbocycles. The number of hydrogen-bond acceptors (Lipinski definition) is 5. The van der Waals surface area contributed by atoms with Gasteiger partial charge in [0.05, 0.1) is 25.9 Å². The molecule has 0 bridgehead atoms. The average molecular weight is 439 g/mol. The van der Waals surface area contributed by atoms with Crippen molar-refractivity contribution in [3.63, 3.8) is 0 Å². The number of ether oxygens (including phenoxy) is 3. The third kappa shape index (κ3) is 5.22. The second-order valence-corrected chi connectivity index (χ2v) is 7.99. The number of benzene rings is 2. The molecule has 1 fully saturated rings. The number of nitrogens with zero attached hydrogens (tertiary/aromatic N) is 1. The predicted molar refractivity (Wildman–Crippen MR) is 120 cm³/mol. The van der Waals surface area contributed by atoms with Crippen LogP contribution < -0.4 is 14.8 Å². The summed E-state index contributed by atoms with van der Waals surface area (Å²) in [5.41, 5.74) is 3.00. The second-order valence-electron chi connectivity index (χ2n) is 7.99. The Kier molecular flexibility index (Phi) is 7.27. The van der Waals surface area contributed by atoms with E-state index in [1.54, 1.807) is 23.1 Å². The van der Waals surface area contributed by atoms with Crippen LogP contribution in [0.25, 0.3) is 0 Å². The monoisotopic (exact) mass is 438 g/mol. The zero-order valence-corrected chi connectivity index (χ0v) is 18.5. The van der Waals surface area contributed by atoms with Crippen molar-refractivity contribution in [3.8, 4) is 11.5 Å². The van der Waals surface area contributed by atoms with Gasteiger partial charge in [0, 0.05) is 18.7 Å². The molecule has 1 aliphatic carbocycles. The Morgan fingerprint density at radius 3 is 2.72 bits per heavy atom. The lowest BCUT2D eigenvalue weighted by Gasteiger charge is -2.27. The molecule has 0 aromatic heterocycles. The number of aryl methyl sites for hydroxylation is 1. The first-order valence-corrected chi connectivity index (χ1v) is 11.3. The van der Waals surface area contributed by atoms with Gasteiger partial charge in [0.25, 0.3) is 11.8 Å². The van der Waals surface area contributed by atoms with Gasteiger partial charge in [0.1, 0.15) is 0 Å². The molecule has 0 spiro atoms. The number of nitrogens with one attached hydrogen (secondary N) is 1. The third-order valence-corrected chi connectivity index (χ3v) is 5.90. The normalized spacial score (nSPS) is 17.9. The number of hydrogen-bond donors (Lipinski definition) is 1. The average Bonchev–Trinajstić information content (AvgIpc) is 2.84.